The second kappa shape index (κ2) is 6.85. The minimum atomic E-state index is 0.258. The van der Waals surface area contributed by atoms with Gasteiger partial charge in [0.2, 0.25) is 0 Å². The Morgan fingerprint density at radius 2 is 1.84 bits per heavy atom. The second-order valence-electron chi connectivity index (χ2n) is 5.17. The number of carbonyl (C=O) groups is 1. The standard InChI is InChI=1S/C17H22OS/c1-3-7-13(8-4-2)16(18)11-14-12-19-17-10-6-5-9-15(14)17/h5-6,9-10,12-13H,3-4,7-8,11H2,1-2H3. The molecule has 0 fully saturated rings. The van der Waals surface area contributed by atoms with Crippen LogP contribution in [-0.4, -0.2) is 5.78 Å². The number of Topliss-reactive ketones (excluding diaryl/α,β-unsaturated/α-hetero) is 1. The number of benzene rings is 1. The van der Waals surface area contributed by atoms with Gasteiger partial charge < -0.3 is 0 Å². The third kappa shape index (κ3) is 3.44. The summed E-state index contributed by atoms with van der Waals surface area (Å²) in [6.07, 6.45) is 4.87. The number of thiophene rings is 1. The minimum absolute atomic E-state index is 0.258. The average molecular weight is 274 g/mol. The highest BCUT2D eigenvalue weighted by Gasteiger charge is 2.18. The van der Waals surface area contributed by atoms with Crippen molar-refractivity contribution in [2.75, 3.05) is 0 Å². The van der Waals surface area contributed by atoms with Crippen LogP contribution in [0, 0.1) is 5.92 Å². The summed E-state index contributed by atoms with van der Waals surface area (Å²) in [5.41, 5.74) is 1.21. The number of carbonyl (C=O) groups excluding carboxylic acids is 1. The molecule has 0 N–H and O–H groups in total. The first-order valence-corrected chi connectivity index (χ1v) is 8.12. The zero-order chi connectivity index (χ0) is 13.7. The molecule has 1 heterocycles. The molecule has 0 radical (unpaired) electrons. The Balaban J connectivity index is 2.13. The molecule has 1 aromatic carbocycles. The molecular formula is C17H22OS. The quantitative estimate of drug-likeness (QED) is 0.675. The minimum Gasteiger partial charge on any atom is -0.299 e. The lowest BCUT2D eigenvalue weighted by Crippen LogP contribution is -2.16. The molecule has 0 aliphatic rings. The van der Waals surface area contributed by atoms with Gasteiger partial charge in [0.1, 0.15) is 5.78 Å². The summed E-state index contributed by atoms with van der Waals surface area (Å²) in [7, 11) is 0. The van der Waals surface area contributed by atoms with Gasteiger partial charge in [-0.05, 0) is 35.2 Å². The molecule has 19 heavy (non-hydrogen) atoms. The maximum absolute atomic E-state index is 12.4. The van der Waals surface area contributed by atoms with E-state index in [2.05, 4.69) is 43.5 Å². The third-order valence-corrected chi connectivity index (χ3v) is 4.67. The summed E-state index contributed by atoms with van der Waals surface area (Å²) in [6.45, 7) is 4.33. The Morgan fingerprint density at radius 1 is 1.16 bits per heavy atom. The van der Waals surface area contributed by atoms with Gasteiger partial charge in [0.05, 0.1) is 0 Å². The molecule has 0 amide bonds. The van der Waals surface area contributed by atoms with E-state index in [0.29, 0.717) is 12.2 Å². The molecule has 0 spiro atoms. The summed E-state index contributed by atoms with van der Waals surface area (Å²) >= 11 is 1.74. The van der Waals surface area contributed by atoms with Crippen molar-refractivity contribution in [1.29, 1.82) is 0 Å². The summed E-state index contributed by atoms with van der Waals surface area (Å²) in [4.78, 5) is 12.4. The maximum atomic E-state index is 12.4. The van der Waals surface area contributed by atoms with Crippen LogP contribution >= 0.6 is 11.3 Å². The van der Waals surface area contributed by atoms with Gasteiger partial charge in [-0.1, -0.05) is 44.9 Å². The Morgan fingerprint density at radius 3 is 2.53 bits per heavy atom. The summed E-state index contributed by atoms with van der Waals surface area (Å²) in [6, 6.07) is 8.37. The third-order valence-electron chi connectivity index (χ3n) is 3.66. The van der Waals surface area contributed by atoms with E-state index in [1.807, 2.05) is 0 Å². The van der Waals surface area contributed by atoms with Gasteiger partial charge in [0, 0.05) is 17.0 Å². The van der Waals surface area contributed by atoms with E-state index in [1.54, 1.807) is 11.3 Å². The molecule has 0 saturated carbocycles. The number of rotatable bonds is 7. The van der Waals surface area contributed by atoms with Crippen LogP contribution in [0.4, 0.5) is 0 Å². The molecule has 0 bridgehead atoms. The van der Waals surface area contributed by atoms with E-state index < -0.39 is 0 Å². The predicted molar refractivity (Wildman–Crippen MR) is 83.8 cm³/mol. The SMILES string of the molecule is CCCC(CCC)C(=O)Cc1csc2ccccc12. The van der Waals surface area contributed by atoms with Crippen molar-refractivity contribution in [3.05, 3.63) is 35.2 Å². The Hall–Kier alpha value is -1.15. The van der Waals surface area contributed by atoms with Gasteiger partial charge in [-0.25, -0.2) is 0 Å². The van der Waals surface area contributed by atoms with Crippen LogP contribution in [-0.2, 0) is 11.2 Å². The number of ketones is 1. The van der Waals surface area contributed by atoms with E-state index in [4.69, 9.17) is 0 Å². The van der Waals surface area contributed by atoms with Crippen molar-refractivity contribution in [2.24, 2.45) is 5.92 Å². The summed E-state index contributed by atoms with van der Waals surface area (Å²) < 4.78 is 1.29. The lowest BCUT2D eigenvalue weighted by Gasteiger charge is -2.13. The van der Waals surface area contributed by atoms with Crippen molar-refractivity contribution in [2.45, 2.75) is 46.0 Å². The number of hydrogen-bond donors (Lipinski definition) is 0. The van der Waals surface area contributed by atoms with Crippen molar-refractivity contribution in [1.82, 2.24) is 0 Å². The fourth-order valence-electron chi connectivity index (χ4n) is 2.66. The van der Waals surface area contributed by atoms with E-state index in [1.165, 1.54) is 15.6 Å². The zero-order valence-electron chi connectivity index (χ0n) is 11.8. The molecule has 0 atom stereocenters. The molecule has 1 aromatic heterocycles. The van der Waals surface area contributed by atoms with Crippen LogP contribution in [0.2, 0.25) is 0 Å². The predicted octanol–water partition coefficient (Wildman–Crippen LogP) is 5.23. The van der Waals surface area contributed by atoms with Gasteiger partial charge in [-0.2, -0.15) is 0 Å². The molecule has 0 aliphatic heterocycles. The highest BCUT2D eigenvalue weighted by molar-refractivity contribution is 7.17. The Labute approximate surface area is 119 Å². The van der Waals surface area contributed by atoms with Gasteiger partial charge in [-0.15, -0.1) is 11.3 Å². The molecular weight excluding hydrogens is 252 g/mol. The normalized spacial score (nSPS) is 11.3. The highest BCUT2D eigenvalue weighted by Crippen LogP contribution is 2.27. The van der Waals surface area contributed by atoms with Crippen LogP contribution in [0.25, 0.3) is 10.1 Å². The first-order valence-electron chi connectivity index (χ1n) is 7.24. The maximum Gasteiger partial charge on any atom is 0.140 e. The highest BCUT2D eigenvalue weighted by atomic mass is 32.1. The van der Waals surface area contributed by atoms with Gasteiger partial charge >= 0.3 is 0 Å². The monoisotopic (exact) mass is 274 g/mol. The fourth-order valence-corrected chi connectivity index (χ4v) is 3.63. The van der Waals surface area contributed by atoms with Crippen molar-refractivity contribution >= 4 is 27.2 Å². The fraction of sp³-hybridized carbons (Fsp3) is 0.471. The van der Waals surface area contributed by atoms with Gasteiger partial charge in [0.15, 0.2) is 0 Å². The van der Waals surface area contributed by atoms with Crippen LogP contribution in [0.5, 0.6) is 0 Å². The Bertz CT molecular complexity index is 535. The lowest BCUT2D eigenvalue weighted by molar-refractivity contribution is -0.122. The smallest absolute Gasteiger partial charge is 0.140 e. The van der Waals surface area contributed by atoms with Crippen LogP contribution < -0.4 is 0 Å². The molecule has 2 aromatic rings. The van der Waals surface area contributed by atoms with Crippen LogP contribution in [0.3, 0.4) is 0 Å². The second-order valence-corrected chi connectivity index (χ2v) is 6.09. The number of hydrogen-bond acceptors (Lipinski definition) is 2. The molecule has 2 rings (SSSR count). The van der Waals surface area contributed by atoms with Crippen molar-refractivity contribution < 1.29 is 4.79 Å². The van der Waals surface area contributed by atoms with E-state index in [9.17, 15) is 4.79 Å². The van der Waals surface area contributed by atoms with E-state index in [-0.39, 0.29) is 5.92 Å². The molecule has 0 saturated heterocycles. The van der Waals surface area contributed by atoms with Gasteiger partial charge in [-0.3, -0.25) is 4.79 Å². The van der Waals surface area contributed by atoms with E-state index in [0.717, 1.165) is 25.7 Å². The van der Waals surface area contributed by atoms with Crippen molar-refractivity contribution in [3.8, 4) is 0 Å². The largest absolute Gasteiger partial charge is 0.299 e. The van der Waals surface area contributed by atoms with Gasteiger partial charge in [0.25, 0.3) is 0 Å². The van der Waals surface area contributed by atoms with Crippen LogP contribution in [0.1, 0.15) is 45.1 Å². The van der Waals surface area contributed by atoms with Crippen LogP contribution in [0.15, 0.2) is 29.6 Å². The Kier molecular flexibility index (Phi) is 5.15. The first kappa shape index (κ1) is 14.3. The lowest BCUT2D eigenvalue weighted by atomic mass is 9.90. The number of fused-ring (bicyclic) bond motifs is 1. The molecule has 1 nitrogen and oxygen atoms in total. The summed E-state index contributed by atoms with van der Waals surface area (Å²) in [5, 5.41) is 3.41. The zero-order valence-corrected chi connectivity index (χ0v) is 12.6. The van der Waals surface area contributed by atoms with Crippen molar-refractivity contribution in [3.63, 3.8) is 0 Å². The first-order chi connectivity index (χ1) is 9.26. The average Bonchev–Trinajstić information content (AvgIpc) is 2.82. The topological polar surface area (TPSA) is 17.1 Å². The summed E-state index contributed by atoms with van der Waals surface area (Å²) in [5.74, 6) is 0.681. The molecule has 0 aliphatic carbocycles. The molecule has 0 unspecified atom stereocenters. The molecule has 102 valence electrons. The van der Waals surface area contributed by atoms with E-state index >= 15 is 0 Å². The molecule has 2 heteroatoms.